The molecule has 0 unspecified atom stereocenters. The van der Waals surface area contributed by atoms with Crippen molar-refractivity contribution in [3.05, 3.63) is 23.3 Å². The molecular formula is C18H19NO5. The number of hydrogen-bond donors (Lipinski definition) is 0. The van der Waals surface area contributed by atoms with Gasteiger partial charge in [-0.1, -0.05) is 0 Å². The van der Waals surface area contributed by atoms with Crippen LogP contribution in [-0.2, 0) is 9.53 Å². The molecule has 6 nitrogen and oxygen atoms in total. The van der Waals surface area contributed by atoms with Crippen molar-refractivity contribution in [1.29, 1.82) is 0 Å². The molecule has 0 aromatic heterocycles. The molecule has 1 saturated carbocycles. The largest absolute Gasteiger partial charge is 0.462 e. The lowest BCUT2D eigenvalue weighted by molar-refractivity contribution is -0.151. The summed E-state index contributed by atoms with van der Waals surface area (Å²) in [6.45, 7) is 2.40. The molecule has 0 bridgehead atoms. The first-order valence-electron chi connectivity index (χ1n) is 8.55. The number of ether oxygens (including phenoxy) is 3. The van der Waals surface area contributed by atoms with Crippen molar-refractivity contribution in [3.63, 3.8) is 0 Å². The van der Waals surface area contributed by atoms with E-state index in [1.54, 1.807) is 0 Å². The number of amides is 1. The Labute approximate surface area is 139 Å². The van der Waals surface area contributed by atoms with Crippen LogP contribution in [0, 0.1) is 5.92 Å². The number of benzene rings is 1. The molecule has 4 atom stereocenters. The number of fused-ring (bicyclic) bond motifs is 3. The van der Waals surface area contributed by atoms with Crippen molar-refractivity contribution in [2.45, 2.75) is 44.2 Å². The molecule has 2 fully saturated rings. The zero-order chi connectivity index (χ0) is 16.4. The van der Waals surface area contributed by atoms with E-state index in [1.807, 2.05) is 17.0 Å². The Morgan fingerprint density at radius 3 is 2.79 bits per heavy atom. The van der Waals surface area contributed by atoms with Crippen molar-refractivity contribution in [2.24, 2.45) is 5.92 Å². The summed E-state index contributed by atoms with van der Waals surface area (Å²) in [6, 6.07) is 3.95. The van der Waals surface area contributed by atoms with E-state index < -0.39 is 0 Å². The molecule has 1 aromatic rings. The lowest BCUT2D eigenvalue weighted by Crippen LogP contribution is -2.51. The summed E-state index contributed by atoms with van der Waals surface area (Å²) < 4.78 is 16.5. The minimum absolute atomic E-state index is 0.0653. The third-order valence-corrected chi connectivity index (χ3v) is 5.91. The van der Waals surface area contributed by atoms with Gasteiger partial charge < -0.3 is 19.1 Å². The second kappa shape index (κ2) is 4.88. The Morgan fingerprint density at radius 1 is 1.21 bits per heavy atom. The zero-order valence-corrected chi connectivity index (χ0v) is 13.5. The molecule has 1 aromatic carbocycles. The van der Waals surface area contributed by atoms with Crippen LogP contribution in [0.4, 0.5) is 0 Å². The molecule has 5 rings (SSSR count). The molecule has 1 aliphatic carbocycles. The average Bonchev–Trinajstić information content (AvgIpc) is 3.19. The van der Waals surface area contributed by atoms with E-state index in [1.165, 1.54) is 6.92 Å². The number of esters is 1. The van der Waals surface area contributed by atoms with Gasteiger partial charge in [-0.2, -0.15) is 0 Å². The van der Waals surface area contributed by atoms with Crippen LogP contribution in [0.5, 0.6) is 11.5 Å². The topological polar surface area (TPSA) is 65.1 Å². The SMILES string of the molecule is CC(=O)O[C@H]1CC[C@@H]2c3cc4c(cc3C(=O)N3CC[C@@H]1[C@@H]23)OCO4. The highest BCUT2D eigenvalue weighted by atomic mass is 16.7. The maximum absolute atomic E-state index is 13.0. The van der Waals surface area contributed by atoms with Crippen LogP contribution in [0.3, 0.4) is 0 Å². The number of carbonyl (C=O) groups is 2. The standard InChI is InChI=1S/C18H19NO5/c1-9(20)24-14-3-2-10-12-6-15-16(23-8-22-15)7-13(12)18(21)19-5-4-11(14)17(10)19/h6-7,10-11,14,17H,2-5,8H2,1H3/t10-,11+,14+,17-/m1/s1. The van der Waals surface area contributed by atoms with Gasteiger partial charge in [-0.15, -0.1) is 0 Å². The summed E-state index contributed by atoms with van der Waals surface area (Å²) in [6.07, 6.45) is 2.58. The summed E-state index contributed by atoms with van der Waals surface area (Å²) >= 11 is 0. The fraction of sp³-hybridized carbons (Fsp3) is 0.556. The Hall–Kier alpha value is -2.24. The first-order chi connectivity index (χ1) is 11.6. The Kier molecular flexibility index (Phi) is 2.87. The second-order valence-electron chi connectivity index (χ2n) is 7.07. The third-order valence-electron chi connectivity index (χ3n) is 5.91. The van der Waals surface area contributed by atoms with Gasteiger partial charge in [0.25, 0.3) is 5.91 Å². The van der Waals surface area contributed by atoms with E-state index in [0.29, 0.717) is 5.75 Å². The minimum Gasteiger partial charge on any atom is -0.462 e. The van der Waals surface area contributed by atoms with Gasteiger partial charge in [-0.05, 0) is 37.0 Å². The molecule has 6 heteroatoms. The van der Waals surface area contributed by atoms with Crippen LogP contribution in [0.25, 0.3) is 0 Å². The monoisotopic (exact) mass is 329 g/mol. The normalized spacial score (nSPS) is 32.4. The molecule has 0 N–H and O–H groups in total. The highest BCUT2D eigenvalue weighted by molar-refractivity contribution is 5.98. The Morgan fingerprint density at radius 2 is 2.00 bits per heavy atom. The molecule has 3 heterocycles. The van der Waals surface area contributed by atoms with Gasteiger partial charge in [-0.25, -0.2) is 0 Å². The Bertz CT molecular complexity index is 745. The van der Waals surface area contributed by atoms with Gasteiger partial charge in [0.05, 0.1) is 0 Å². The molecule has 4 aliphatic rings. The van der Waals surface area contributed by atoms with Crippen LogP contribution in [0.15, 0.2) is 12.1 Å². The quantitative estimate of drug-likeness (QED) is 0.738. The number of hydrogen-bond acceptors (Lipinski definition) is 5. The molecule has 0 spiro atoms. The van der Waals surface area contributed by atoms with Crippen LogP contribution < -0.4 is 9.47 Å². The maximum Gasteiger partial charge on any atom is 0.302 e. The van der Waals surface area contributed by atoms with Gasteiger partial charge in [0, 0.05) is 36.9 Å². The second-order valence-corrected chi connectivity index (χ2v) is 7.07. The lowest BCUT2D eigenvalue weighted by atomic mass is 9.70. The van der Waals surface area contributed by atoms with E-state index in [9.17, 15) is 9.59 Å². The van der Waals surface area contributed by atoms with Gasteiger partial charge in [0.1, 0.15) is 6.10 Å². The van der Waals surface area contributed by atoms with Crippen LogP contribution >= 0.6 is 0 Å². The summed E-state index contributed by atoms with van der Waals surface area (Å²) in [5.74, 6) is 1.73. The summed E-state index contributed by atoms with van der Waals surface area (Å²) in [7, 11) is 0. The molecule has 3 aliphatic heterocycles. The number of carbonyl (C=O) groups excluding carboxylic acids is 2. The molecule has 1 saturated heterocycles. The number of nitrogens with zero attached hydrogens (tertiary/aromatic N) is 1. The highest BCUT2D eigenvalue weighted by Gasteiger charge is 2.53. The van der Waals surface area contributed by atoms with Gasteiger partial charge in [0.15, 0.2) is 11.5 Å². The van der Waals surface area contributed by atoms with E-state index in [-0.39, 0.29) is 42.7 Å². The molecule has 0 radical (unpaired) electrons. The van der Waals surface area contributed by atoms with E-state index >= 15 is 0 Å². The van der Waals surface area contributed by atoms with Crippen LogP contribution in [0.1, 0.15) is 48.0 Å². The van der Waals surface area contributed by atoms with Gasteiger partial charge >= 0.3 is 5.97 Å². The zero-order valence-electron chi connectivity index (χ0n) is 13.5. The van der Waals surface area contributed by atoms with E-state index in [0.717, 1.165) is 42.7 Å². The third kappa shape index (κ3) is 1.82. The Balaban J connectivity index is 1.57. The first-order valence-corrected chi connectivity index (χ1v) is 8.55. The van der Waals surface area contributed by atoms with Gasteiger partial charge in [0.2, 0.25) is 6.79 Å². The maximum atomic E-state index is 13.0. The summed E-state index contributed by atoms with van der Waals surface area (Å²) in [4.78, 5) is 26.4. The predicted molar refractivity (Wildman–Crippen MR) is 83.0 cm³/mol. The van der Waals surface area contributed by atoms with Crippen molar-refractivity contribution < 1.29 is 23.8 Å². The smallest absolute Gasteiger partial charge is 0.302 e. The first kappa shape index (κ1) is 14.1. The highest BCUT2D eigenvalue weighted by Crippen LogP contribution is 2.51. The number of rotatable bonds is 1. The fourth-order valence-electron chi connectivity index (χ4n) is 5.03. The van der Waals surface area contributed by atoms with E-state index in [4.69, 9.17) is 14.2 Å². The summed E-state index contributed by atoms with van der Waals surface area (Å²) in [5.41, 5.74) is 1.81. The average molecular weight is 329 g/mol. The van der Waals surface area contributed by atoms with Crippen molar-refractivity contribution in [1.82, 2.24) is 4.90 Å². The summed E-state index contributed by atoms with van der Waals surface area (Å²) in [5, 5.41) is 0. The van der Waals surface area contributed by atoms with Crippen molar-refractivity contribution in [2.75, 3.05) is 13.3 Å². The molecular weight excluding hydrogens is 310 g/mol. The minimum atomic E-state index is -0.234. The molecule has 126 valence electrons. The van der Waals surface area contributed by atoms with Crippen LogP contribution in [-0.4, -0.2) is 42.3 Å². The van der Waals surface area contributed by atoms with Gasteiger partial charge in [-0.3, -0.25) is 9.59 Å². The van der Waals surface area contributed by atoms with Crippen molar-refractivity contribution in [3.8, 4) is 11.5 Å². The van der Waals surface area contributed by atoms with E-state index in [2.05, 4.69) is 0 Å². The molecule has 1 amide bonds. The molecule has 24 heavy (non-hydrogen) atoms. The fourth-order valence-corrected chi connectivity index (χ4v) is 5.03. The van der Waals surface area contributed by atoms with Crippen molar-refractivity contribution >= 4 is 11.9 Å². The lowest BCUT2D eigenvalue weighted by Gasteiger charge is -2.45. The predicted octanol–water partition coefficient (Wildman–Crippen LogP) is 2.07. The van der Waals surface area contributed by atoms with Crippen LogP contribution in [0.2, 0.25) is 0 Å².